The fraction of sp³-hybridized carbons (Fsp3) is 0.143. The van der Waals surface area contributed by atoms with Crippen LogP contribution in [0.2, 0.25) is 5.22 Å². The highest BCUT2D eigenvalue weighted by Gasteiger charge is 2.28. The number of carbonyl (C=O) groups excluding carboxylic acids is 1. The molecule has 1 aromatic heterocycles. The number of benzene rings is 1. The van der Waals surface area contributed by atoms with Crippen molar-refractivity contribution >= 4 is 29.2 Å². The summed E-state index contributed by atoms with van der Waals surface area (Å²) in [6.07, 6.45) is 2.04. The minimum absolute atomic E-state index is 0.0397. The SMILES string of the molecule is O=C(O)c1ccc2c(c1)N(C(=O)c1ccoc1Cl)CC2. The monoisotopic (exact) mass is 291 g/mol. The first-order chi connectivity index (χ1) is 9.58. The maximum Gasteiger partial charge on any atom is 0.335 e. The molecule has 0 aliphatic carbocycles. The van der Waals surface area contributed by atoms with Gasteiger partial charge in [-0.2, -0.15) is 0 Å². The van der Waals surface area contributed by atoms with Crippen molar-refractivity contribution in [1.29, 1.82) is 0 Å². The van der Waals surface area contributed by atoms with Crippen molar-refractivity contribution < 1.29 is 19.1 Å². The van der Waals surface area contributed by atoms with E-state index >= 15 is 0 Å². The molecule has 0 fully saturated rings. The standard InChI is InChI=1S/C14H10ClNO4/c15-12-10(4-6-20-12)13(17)16-5-3-8-1-2-9(14(18)19)7-11(8)16/h1-2,4,6-7H,3,5H2,(H,18,19). The van der Waals surface area contributed by atoms with E-state index in [1.165, 1.54) is 23.3 Å². The number of carbonyl (C=O) groups is 2. The number of nitrogens with zero attached hydrogens (tertiary/aromatic N) is 1. The summed E-state index contributed by atoms with van der Waals surface area (Å²) < 4.78 is 4.92. The van der Waals surface area contributed by atoms with Crippen LogP contribution in [0.4, 0.5) is 5.69 Å². The first kappa shape index (κ1) is 12.7. The van der Waals surface area contributed by atoms with E-state index in [-0.39, 0.29) is 22.3 Å². The molecule has 102 valence electrons. The Morgan fingerprint density at radius 2 is 2.10 bits per heavy atom. The van der Waals surface area contributed by atoms with Crippen LogP contribution in [0.1, 0.15) is 26.3 Å². The molecule has 1 aromatic carbocycles. The maximum absolute atomic E-state index is 12.4. The Bertz CT molecular complexity index is 707. The van der Waals surface area contributed by atoms with Crippen LogP contribution >= 0.6 is 11.6 Å². The Hall–Kier alpha value is -2.27. The summed E-state index contributed by atoms with van der Waals surface area (Å²) in [5, 5.41) is 9.07. The molecule has 20 heavy (non-hydrogen) atoms. The molecule has 6 heteroatoms. The number of halogens is 1. The Morgan fingerprint density at radius 1 is 1.30 bits per heavy atom. The minimum atomic E-state index is -1.02. The third kappa shape index (κ3) is 1.96. The zero-order valence-corrected chi connectivity index (χ0v) is 11.1. The van der Waals surface area contributed by atoms with E-state index in [1.807, 2.05) is 0 Å². The normalized spacial score (nSPS) is 13.3. The summed E-state index contributed by atoms with van der Waals surface area (Å²) in [4.78, 5) is 25.0. The topological polar surface area (TPSA) is 70.8 Å². The number of furan rings is 1. The number of carboxylic acid groups (broad SMARTS) is 1. The van der Waals surface area contributed by atoms with Crippen molar-refractivity contribution in [3.05, 3.63) is 52.4 Å². The highest BCUT2D eigenvalue weighted by molar-refractivity contribution is 6.33. The molecule has 0 unspecified atom stereocenters. The molecule has 0 radical (unpaired) electrons. The summed E-state index contributed by atoms with van der Waals surface area (Å²) in [7, 11) is 0. The quantitative estimate of drug-likeness (QED) is 0.923. The molecular formula is C14H10ClNO4. The smallest absolute Gasteiger partial charge is 0.335 e. The van der Waals surface area contributed by atoms with Crippen LogP contribution in [0, 0.1) is 0 Å². The first-order valence-corrected chi connectivity index (χ1v) is 6.37. The number of amides is 1. The van der Waals surface area contributed by atoms with Gasteiger partial charge in [-0.05, 0) is 41.8 Å². The van der Waals surface area contributed by atoms with Gasteiger partial charge in [0.1, 0.15) is 0 Å². The second kappa shape index (κ2) is 4.68. The van der Waals surface area contributed by atoms with Gasteiger partial charge in [0.05, 0.1) is 17.4 Å². The zero-order chi connectivity index (χ0) is 14.3. The van der Waals surface area contributed by atoms with Gasteiger partial charge < -0.3 is 14.4 Å². The highest BCUT2D eigenvalue weighted by Crippen LogP contribution is 2.31. The van der Waals surface area contributed by atoms with Crippen molar-refractivity contribution in [2.45, 2.75) is 6.42 Å². The van der Waals surface area contributed by atoms with Crippen LogP contribution in [0.5, 0.6) is 0 Å². The molecule has 0 spiro atoms. The molecule has 0 saturated heterocycles. The van der Waals surface area contributed by atoms with Crippen molar-refractivity contribution in [2.24, 2.45) is 0 Å². The van der Waals surface area contributed by atoms with Gasteiger partial charge in [0.2, 0.25) is 5.22 Å². The molecule has 2 heterocycles. The fourth-order valence-electron chi connectivity index (χ4n) is 2.31. The molecule has 1 N–H and O–H groups in total. The molecule has 0 bridgehead atoms. The summed E-state index contributed by atoms with van der Waals surface area (Å²) in [5.41, 5.74) is 2.00. The molecular weight excluding hydrogens is 282 g/mol. The Morgan fingerprint density at radius 3 is 2.75 bits per heavy atom. The van der Waals surface area contributed by atoms with Gasteiger partial charge in [-0.1, -0.05) is 6.07 Å². The summed E-state index contributed by atoms with van der Waals surface area (Å²) in [6, 6.07) is 6.29. The Balaban J connectivity index is 2.00. The number of carboxylic acids is 1. The lowest BCUT2D eigenvalue weighted by Crippen LogP contribution is -2.28. The molecule has 0 saturated carbocycles. The van der Waals surface area contributed by atoms with Crippen molar-refractivity contribution in [3.63, 3.8) is 0 Å². The number of hydrogen-bond acceptors (Lipinski definition) is 3. The van der Waals surface area contributed by atoms with E-state index in [9.17, 15) is 9.59 Å². The second-order valence-electron chi connectivity index (χ2n) is 4.46. The molecule has 1 aliphatic heterocycles. The summed E-state index contributed by atoms with van der Waals surface area (Å²) in [5.74, 6) is -1.31. The van der Waals surface area contributed by atoms with Crippen LogP contribution in [-0.2, 0) is 6.42 Å². The van der Waals surface area contributed by atoms with Crippen molar-refractivity contribution in [1.82, 2.24) is 0 Å². The maximum atomic E-state index is 12.4. The van der Waals surface area contributed by atoms with E-state index in [2.05, 4.69) is 0 Å². The second-order valence-corrected chi connectivity index (χ2v) is 4.81. The predicted molar refractivity (Wildman–Crippen MR) is 72.5 cm³/mol. The molecule has 3 rings (SSSR count). The molecule has 1 amide bonds. The molecule has 2 aromatic rings. The summed E-state index contributed by atoms with van der Waals surface area (Å²) >= 11 is 5.81. The van der Waals surface area contributed by atoms with Crippen LogP contribution < -0.4 is 4.90 Å². The average molecular weight is 292 g/mol. The number of fused-ring (bicyclic) bond motifs is 1. The van der Waals surface area contributed by atoms with Gasteiger partial charge in [-0.15, -0.1) is 0 Å². The third-order valence-corrected chi connectivity index (χ3v) is 3.61. The van der Waals surface area contributed by atoms with Gasteiger partial charge in [-0.25, -0.2) is 4.79 Å². The van der Waals surface area contributed by atoms with E-state index < -0.39 is 5.97 Å². The van der Waals surface area contributed by atoms with Gasteiger partial charge in [0.15, 0.2) is 0 Å². The van der Waals surface area contributed by atoms with Gasteiger partial charge >= 0.3 is 5.97 Å². The van der Waals surface area contributed by atoms with Crippen LogP contribution in [0.15, 0.2) is 34.9 Å². The van der Waals surface area contributed by atoms with Crippen LogP contribution in [0.3, 0.4) is 0 Å². The Kier molecular flexibility index (Phi) is 2.99. The lowest BCUT2D eigenvalue weighted by molar-refractivity contribution is 0.0696. The average Bonchev–Trinajstić information content (AvgIpc) is 3.03. The van der Waals surface area contributed by atoms with E-state index in [0.29, 0.717) is 18.7 Å². The Labute approximate surface area is 119 Å². The van der Waals surface area contributed by atoms with E-state index in [1.54, 1.807) is 12.1 Å². The lowest BCUT2D eigenvalue weighted by atomic mass is 10.1. The third-order valence-electron chi connectivity index (χ3n) is 3.32. The van der Waals surface area contributed by atoms with E-state index in [4.69, 9.17) is 21.1 Å². The molecule has 5 nitrogen and oxygen atoms in total. The molecule has 1 aliphatic rings. The minimum Gasteiger partial charge on any atom is -0.478 e. The fourth-order valence-corrected chi connectivity index (χ4v) is 2.51. The van der Waals surface area contributed by atoms with Crippen molar-refractivity contribution in [3.8, 4) is 0 Å². The van der Waals surface area contributed by atoms with E-state index in [0.717, 1.165) is 5.56 Å². The van der Waals surface area contributed by atoms with Crippen LogP contribution in [-0.4, -0.2) is 23.5 Å². The van der Waals surface area contributed by atoms with Gasteiger partial charge in [0, 0.05) is 12.2 Å². The van der Waals surface area contributed by atoms with Gasteiger partial charge in [-0.3, -0.25) is 4.79 Å². The largest absolute Gasteiger partial charge is 0.478 e. The number of anilines is 1. The number of aromatic carboxylic acids is 1. The number of hydrogen-bond donors (Lipinski definition) is 1. The van der Waals surface area contributed by atoms with Crippen molar-refractivity contribution in [2.75, 3.05) is 11.4 Å². The van der Waals surface area contributed by atoms with Gasteiger partial charge in [0.25, 0.3) is 5.91 Å². The molecule has 0 atom stereocenters. The predicted octanol–water partition coefficient (Wildman–Crippen LogP) is 2.83. The lowest BCUT2D eigenvalue weighted by Gasteiger charge is -2.16. The van der Waals surface area contributed by atoms with Crippen LogP contribution in [0.25, 0.3) is 0 Å². The zero-order valence-electron chi connectivity index (χ0n) is 10.3. The first-order valence-electron chi connectivity index (χ1n) is 5.99. The summed E-state index contributed by atoms with van der Waals surface area (Å²) in [6.45, 7) is 0.499. The number of rotatable bonds is 2. The highest BCUT2D eigenvalue weighted by atomic mass is 35.5.